The van der Waals surface area contributed by atoms with Gasteiger partial charge in [-0.15, -0.1) is 0 Å². The van der Waals surface area contributed by atoms with E-state index in [1.54, 1.807) is 6.26 Å². The van der Waals surface area contributed by atoms with Crippen molar-refractivity contribution >= 4 is 0 Å². The molecule has 3 nitrogen and oxygen atoms in total. The van der Waals surface area contributed by atoms with E-state index in [-0.39, 0.29) is 12.1 Å². The molecule has 0 amide bonds. The van der Waals surface area contributed by atoms with Crippen molar-refractivity contribution in [2.75, 3.05) is 6.61 Å². The predicted octanol–water partition coefficient (Wildman–Crippen LogP) is 0.894. The minimum Gasteiger partial charge on any atom is -0.468 e. The molecule has 3 heteroatoms. The highest BCUT2D eigenvalue weighted by molar-refractivity contribution is 5.05. The van der Waals surface area contributed by atoms with Crippen LogP contribution in [0, 0.1) is 0 Å². The number of hydrogen-bond acceptors (Lipinski definition) is 3. The van der Waals surface area contributed by atoms with Gasteiger partial charge in [-0.2, -0.15) is 0 Å². The molecule has 0 aliphatic heterocycles. The molecule has 12 heavy (non-hydrogen) atoms. The number of nitrogens with one attached hydrogen (secondary N) is 1. The summed E-state index contributed by atoms with van der Waals surface area (Å²) in [5.41, 5.74) is 0.00674. The minimum atomic E-state index is 0.00674. The van der Waals surface area contributed by atoms with Gasteiger partial charge < -0.3 is 14.8 Å². The Balaban J connectivity index is 1.83. The molecule has 0 radical (unpaired) electrons. The smallest absolute Gasteiger partial charge is 0.117 e. The van der Waals surface area contributed by atoms with Crippen molar-refractivity contribution in [2.24, 2.45) is 0 Å². The molecule has 0 spiro atoms. The molecule has 1 saturated carbocycles. The summed E-state index contributed by atoms with van der Waals surface area (Å²) in [6.45, 7) is 0.946. The second-order valence-electron chi connectivity index (χ2n) is 3.37. The van der Waals surface area contributed by atoms with E-state index in [1.165, 1.54) is 0 Å². The molecule has 0 saturated heterocycles. The van der Waals surface area contributed by atoms with Crippen molar-refractivity contribution in [3.63, 3.8) is 0 Å². The van der Waals surface area contributed by atoms with E-state index < -0.39 is 0 Å². The third-order valence-electron chi connectivity index (χ3n) is 2.37. The van der Waals surface area contributed by atoms with Crippen LogP contribution in [0.3, 0.4) is 0 Å². The molecule has 0 aromatic carbocycles. The average molecular weight is 167 g/mol. The molecule has 0 atom stereocenters. The Kier molecular flexibility index (Phi) is 1.90. The third-order valence-corrected chi connectivity index (χ3v) is 2.37. The first-order valence-corrected chi connectivity index (χ1v) is 4.23. The Bertz CT molecular complexity index is 239. The molecule has 66 valence electrons. The molecule has 1 fully saturated rings. The zero-order chi connectivity index (χ0) is 8.44. The van der Waals surface area contributed by atoms with E-state index in [9.17, 15) is 0 Å². The monoisotopic (exact) mass is 167 g/mol. The molecule has 1 aromatic heterocycles. The second-order valence-corrected chi connectivity index (χ2v) is 3.37. The highest BCUT2D eigenvalue weighted by atomic mass is 16.3. The Morgan fingerprint density at radius 1 is 1.58 bits per heavy atom. The van der Waals surface area contributed by atoms with Gasteiger partial charge >= 0.3 is 0 Å². The van der Waals surface area contributed by atoms with Gasteiger partial charge in [-0.05, 0) is 25.0 Å². The number of aliphatic hydroxyl groups excluding tert-OH is 1. The van der Waals surface area contributed by atoms with E-state index in [0.717, 1.165) is 18.6 Å². The van der Waals surface area contributed by atoms with Crippen LogP contribution < -0.4 is 5.32 Å². The molecule has 2 rings (SSSR count). The Hall–Kier alpha value is -0.800. The predicted molar refractivity (Wildman–Crippen MR) is 44.6 cm³/mol. The minimum absolute atomic E-state index is 0.00674. The van der Waals surface area contributed by atoms with Crippen LogP contribution in [0.1, 0.15) is 18.6 Å². The SMILES string of the molecule is OCC1(NCc2ccco2)CC1. The largest absolute Gasteiger partial charge is 0.468 e. The van der Waals surface area contributed by atoms with Crippen LogP contribution in [0.5, 0.6) is 0 Å². The summed E-state index contributed by atoms with van der Waals surface area (Å²) in [6.07, 6.45) is 3.81. The second kappa shape index (κ2) is 2.92. The zero-order valence-electron chi connectivity index (χ0n) is 6.92. The molecule has 2 N–H and O–H groups in total. The standard InChI is InChI=1S/C9H13NO2/c11-7-9(3-4-9)10-6-8-2-1-5-12-8/h1-2,5,10-11H,3-4,6-7H2. The van der Waals surface area contributed by atoms with Crippen LogP contribution >= 0.6 is 0 Å². The highest BCUT2D eigenvalue weighted by Crippen LogP contribution is 2.34. The van der Waals surface area contributed by atoms with Crippen molar-refractivity contribution in [3.8, 4) is 0 Å². The Morgan fingerprint density at radius 2 is 2.42 bits per heavy atom. The number of rotatable bonds is 4. The fourth-order valence-electron chi connectivity index (χ4n) is 1.23. The Morgan fingerprint density at radius 3 is 2.92 bits per heavy atom. The molecule has 1 aliphatic rings. The third kappa shape index (κ3) is 1.52. The van der Waals surface area contributed by atoms with Gasteiger partial charge in [0.1, 0.15) is 5.76 Å². The number of hydrogen-bond donors (Lipinski definition) is 2. The van der Waals surface area contributed by atoms with E-state index >= 15 is 0 Å². The van der Waals surface area contributed by atoms with Crippen LogP contribution in [0.15, 0.2) is 22.8 Å². The van der Waals surface area contributed by atoms with Gasteiger partial charge in [-0.3, -0.25) is 0 Å². The molecule has 1 aliphatic carbocycles. The highest BCUT2D eigenvalue weighted by Gasteiger charge is 2.41. The first kappa shape index (κ1) is 7.83. The van der Waals surface area contributed by atoms with Gasteiger partial charge in [-0.25, -0.2) is 0 Å². The van der Waals surface area contributed by atoms with Gasteiger partial charge in [-0.1, -0.05) is 0 Å². The molecule has 1 heterocycles. The lowest BCUT2D eigenvalue weighted by molar-refractivity contribution is 0.227. The fraction of sp³-hybridized carbons (Fsp3) is 0.556. The lowest BCUT2D eigenvalue weighted by Gasteiger charge is -2.12. The maximum atomic E-state index is 8.99. The summed E-state index contributed by atoms with van der Waals surface area (Å²) in [4.78, 5) is 0. The van der Waals surface area contributed by atoms with Gasteiger partial charge in [0.05, 0.1) is 19.4 Å². The van der Waals surface area contributed by atoms with E-state index in [0.29, 0.717) is 6.54 Å². The fourth-order valence-corrected chi connectivity index (χ4v) is 1.23. The van der Waals surface area contributed by atoms with Crippen LogP contribution in [-0.4, -0.2) is 17.3 Å². The number of aliphatic hydroxyl groups is 1. The molecule has 1 aromatic rings. The Labute approximate surface area is 71.4 Å². The van der Waals surface area contributed by atoms with Gasteiger partial charge in [0.15, 0.2) is 0 Å². The van der Waals surface area contributed by atoms with Crippen molar-refractivity contribution in [3.05, 3.63) is 24.2 Å². The van der Waals surface area contributed by atoms with Crippen LogP contribution in [-0.2, 0) is 6.54 Å². The topological polar surface area (TPSA) is 45.4 Å². The lowest BCUT2D eigenvalue weighted by atomic mass is 10.3. The molecular weight excluding hydrogens is 154 g/mol. The normalized spacial score (nSPS) is 19.4. The van der Waals surface area contributed by atoms with Crippen molar-refractivity contribution in [2.45, 2.75) is 24.9 Å². The van der Waals surface area contributed by atoms with Crippen LogP contribution in [0.2, 0.25) is 0 Å². The molecular formula is C9H13NO2. The van der Waals surface area contributed by atoms with E-state index in [1.807, 2.05) is 12.1 Å². The first-order valence-electron chi connectivity index (χ1n) is 4.23. The van der Waals surface area contributed by atoms with Crippen molar-refractivity contribution in [1.29, 1.82) is 0 Å². The summed E-state index contributed by atoms with van der Waals surface area (Å²) in [6, 6.07) is 3.80. The van der Waals surface area contributed by atoms with Crippen molar-refractivity contribution < 1.29 is 9.52 Å². The quantitative estimate of drug-likeness (QED) is 0.700. The molecule has 0 bridgehead atoms. The zero-order valence-corrected chi connectivity index (χ0v) is 6.92. The summed E-state index contributed by atoms with van der Waals surface area (Å²) < 4.78 is 5.16. The maximum Gasteiger partial charge on any atom is 0.117 e. The first-order chi connectivity index (χ1) is 5.85. The van der Waals surface area contributed by atoms with E-state index in [2.05, 4.69) is 5.32 Å². The summed E-state index contributed by atoms with van der Waals surface area (Å²) in [5, 5.41) is 12.3. The van der Waals surface area contributed by atoms with Crippen LogP contribution in [0.25, 0.3) is 0 Å². The van der Waals surface area contributed by atoms with Gasteiger partial charge in [0.2, 0.25) is 0 Å². The molecule has 0 unspecified atom stereocenters. The number of furan rings is 1. The average Bonchev–Trinajstić information content (AvgIpc) is 2.70. The van der Waals surface area contributed by atoms with Crippen LogP contribution in [0.4, 0.5) is 0 Å². The van der Waals surface area contributed by atoms with Gasteiger partial charge in [0.25, 0.3) is 0 Å². The van der Waals surface area contributed by atoms with Crippen molar-refractivity contribution in [1.82, 2.24) is 5.32 Å². The van der Waals surface area contributed by atoms with Gasteiger partial charge in [0, 0.05) is 5.54 Å². The lowest BCUT2D eigenvalue weighted by Crippen LogP contribution is -2.33. The van der Waals surface area contributed by atoms with E-state index in [4.69, 9.17) is 9.52 Å². The maximum absolute atomic E-state index is 8.99. The summed E-state index contributed by atoms with van der Waals surface area (Å²) in [7, 11) is 0. The summed E-state index contributed by atoms with van der Waals surface area (Å²) in [5.74, 6) is 0.926. The summed E-state index contributed by atoms with van der Waals surface area (Å²) >= 11 is 0.